The van der Waals surface area contributed by atoms with Crippen LogP contribution in [-0.4, -0.2) is 22.6 Å². The van der Waals surface area contributed by atoms with E-state index in [4.69, 9.17) is 27.9 Å². The van der Waals surface area contributed by atoms with Crippen LogP contribution in [0.2, 0.25) is 10.0 Å². The molecule has 3 aromatic rings. The average Bonchev–Trinajstić information content (AvgIpc) is 2.92. The van der Waals surface area contributed by atoms with E-state index in [-0.39, 0.29) is 0 Å². The van der Waals surface area contributed by atoms with Gasteiger partial charge in [0, 0.05) is 34.5 Å². The SMILES string of the molecule is Cn1c(COc2cc(Cl)cc(Cl)c2)c(CN2CCCCC2)c2ccccc21. The molecule has 4 rings (SSSR count). The van der Waals surface area contributed by atoms with Crippen LogP contribution in [0.3, 0.4) is 0 Å². The van der Waals surface area contributed by atoms with Crippen LogP contribution in [0.1, 0.15) is 30.5 Å². The molecule has 1 fully saturated rings. The number of piperidine rings is 1. The van der Waals surface area contributed by atoms with E-state index in [0.29, 0.717) is 22.4 Å². The first-order valence-electron chi connectivity index (χ1n) is 9.48. The third kappa shape index (κ3) is 4.11. The van der Waals surface area contributed by atoms with Crippen LogP contribution in [0.5, 0.6) is 5.75 Å². The molecule has 27 heavy (non-hydrogen) atoms. The van der Waals surface area contributed by atoms with Gasteiger partial charge in [0.05, 0.1) is 5.69 Å². The van der Waals surface area contributed by atoms with E-state index in [2.05, 4.69) is 40.8 Å². The zero-order valence-electron chi connectivity index (χ0n) is 15.5. The van der Waals surface area contributed by atoms with Crippen molar-refractivity contribution < 1.29 is 4.74 Å². The van der Waals surface area contributed by atoms with Gasteiger partial charge in [0.25, 0.3) is 0 Å². The monoisotopic (exact) mass is 402 g/mol. The van der Waals surface area contributed by atoms with Crippen molar-refractivity contribution in [1.29, 1.82) is 0 Å². The highest BCUT2D eigenvalue weighted by atomic mass is 35.5. The summed E-state index contributed by atoms with van der Waals surface area (Å²) in [5, 5.41) is 2.49. The Balaban J connectivity index is 1.65. The molecular formula is C22H24Cl2N2O. The summed E-state index contributed by atoms with van der Waals surface area (Å²) in [7, 11) is 2.12. The number of aryl methyl sites for hydroxylation is 1. The van der Waals surface area contributed by atoms with Crippen molar-refractivity contribution in [3.63, 3.8) is 0 Å². The number of nitrogens with zero attached hydrogens (tertiary/aromatic N) is 2. The van der Waals surface area contributed by atoms with Crippen LogP contribution < -0.4 is 4.74 Å². The molecule has 2 aromatic carbocycles. The van der Waals surface area contributed by atoms with Crippen molar-refractivity contribution in [3.8, 4) is 5.75 Å². The highest BCUT2D eigenvalue weighted by Crippen LogP contribution is 2.30. The molecule has 3 nitrogen and oxygen atoms in total. The first kappa shape index (κ1) is 18.7. The number of benzene rings is 2. The van der Waals surface area contributed by atoms with Gasteiger partial charge >= 0.3 is 0 Å². The van der Waals surface area contributed by atoms with Gasteiger partial charge in [-0.3, -0.25) is 4.90 Å². The van der Waals surface area contributed by atoms with Gasteiger partial charge in [-0.2, -0.15) is 0 Å². The van der Waals surface area contributed by atoms with Crippen molar-refractivity contribution in [2.45, 2.75) is 32.4 Å². The van der Waals surface area contributed by atoms with Crippen molar-refractivity contribution in [2.75, 3.05) is 13.1 Å². The Labute approximate surface area is 170 Å². The van der Waals surface area contributed by atoms with Crippen molar-refractivity contribution in [3.05, 3.63) is 63.8 Å². The molecular weight excluding hydrogens is 379 g/mol. The second kappa shape index (κ2) is 8.14. The maximum absolute atomic E-state index is 6.11. The van der Waals surface area contributed by atoms with Crippen LogP contribution in [0.25, 0.3) is 10.9 Å². The summed E-state index contributed by atoms with van der Waals surface area (Å²) in [6.45, 7) is 3.81. The lowest BCUT2D eigenvalue weighted by atomic mass is 10.1. The normalized spacial score (nSPS) is 15.4. The number of hydrogen-bond acceptors (Lipinski definition) is 2. The molecule has 0 spiro atoms. The fourth-order valence-electron chi connectivity index (χ4n) is 3.99. The second-order valence-corrected chi connectivity index (χ2v) is 8.10. The third-order valence-electron chi connectivity index (χ3n) is 5.39. The van der Waals surface area contributed by atoms with Crippen LogP contribution in [0.15, 0.2) is 42.5 Å². The second-order valence-electron chi connectivity index (χ2n) is 7.23. The Morgan fingerprint density at radius 3 is 2.41 bits per heavy atom. The Morgan fingerprint density at radius 1 is 0.963 bits per heavy atom. The topological polar surface area (TPSA) is 17.4 Å². The summed E-state index contributed by atoms with van der Waals surface area (Å²) in [5.74, 6) is 0.696. The summed E-state index contributed by atoms with van der Waals surface area (Å²) >= 11 is 12.2. The van der Waals surface area contributed by atoms with Gasteiger partial charge in [0.1, 0.15) is 12.4 Å². The lowest BCUT2D eigenvalue weighted by Gasteiger charge is -2.26. The minimum Gasteiger partial charge on any atom is -0.487 e. The molecule has 0 aliphatic carbocycles. The van der Waals surface area contributed by atoms with E-state index in [1.165, 1.54) is 54.5 Å². The molecule has 1 aliphatic rings. The highest BCUT2D eigenvalue weighted by molar-refractivity contribution is 6.34. The number of ether oxygens (including phenoxy) is 1. The lowest BCUT2D eigenvalue weighted by molar-refractivity contribution is 0.218. The van der Waals surface area contributed by atoms with Gasteiger partial charge < -0.3 is 9.30 Å². The fraction of sp³-hybridized carbons (Fsp3) is 0.364. The predicted octanol–water partition coefficient (Wildman–Crippen LogP) is 6.05. The summed E-state index contributed by atoms with van der Waals surface area (Å²) in [6, 6.07) is 13.9. The quantitative estimate of drug-likeness (QED) is 0.516. The first-order chi connectivity index (χ1) is 13.1. The number of rotatable bonds is 5. The molecule has 0 unspecified atom stereocenters. The molecule has 0 N–H and O–H groups in total. The Hall–Kier alpha value is -1.68. The van der Waals surface area contributed by atoms with Crippen LogP contribution in [0, 0.1) is 0 Å². The van der Waals surface area contributed by atoms with E-state index in [1.54, 1.807) is 18.2 Å². The van der Waals surface area contributed by atoms with Crippen molar-refractivity contribution >= 4 is 34.1 Å². The molecule has 0 saturated carbocycles. The first-order valence-corrected chi connectivity index (χ1v) is 10.2. The van der Waals surface area contributed by atoms with Gasteiger partial charge in [-0.1, -0.05) is 47.8 Å². The van der Waals surface area contributed by atoms with Gasteiger partial charge in [-0.25, -0.2) is 0 Å². The number of aromatic nitrogens is 1. The van der Waals surface area contributed by atoms with Gasteiger partial charge in [-0.05, 0) is 55.8 Å². The number of fused-ring (bicyclic) bond motifs is 1. The molecule has 1 aromatic heterocycles. The number of para-hydroxylation sites is 1. The van der Waals surface area contributed by atoms with E-state index in [1.807, 2.05) is 0 Å². The molecule has 1 aliphatic heterocycles. The summed E-state index contributed by atoms with van der Waals surface area (Å²) in [6.07, 6.45) is 3.92. The number of halogens is 2. The minimum atomic E-state index is 0.491. The minimum absolute atomic E-state index is 0.491. The molecule has 0 radical (unpaired) electrons. The van der Waals surface area contributed by atoms with E-state index in [9.17, 15) is 0 Å². The zero-order valence-corrected chi connectivity index (χ0v) is 17.1. The summed E-state index contributed by atoms with van der Waals surface area (Å²) in [4.78, 5) is 2.56. The summed E-state index contributed by atoms with van der Waals surface area (Å²) in [5.41, 5.74) is 3.81. The Bertz CT molecular complexity index is 925. The van der Waals surface area contributed by atoms with Gasteiger partial charge in [0.2, 0.25) is 0 Å². The zero-order chi connectivity index (χ0) is 18.8. The molecule has 5 heteroatoms. The number of likely N-dealkylation sites (tertiary alicyclic amines) is 1. The average molecular weight is 403 g/mol. The van der Waals surface area contributed by atoms with Crippen LogP contribution in [0.4, 0.5) is 0 Å². The fourth-order valence-corrected chi connectivity index (χ4v) is 4.50. The Morgan fingerprint density at radius 2 is 1.67 bits per heavy atom. The predicted molar refractivity (Wildman–Crippen MR) is 113 cm³/mol. The molecule has 0 bridgehead atoms. The van der Waals surface area contributed by atoms with Gasteiger partial charge in [-0.15, -0.1) is 0 Å². The standard InChI is InChI=1S/C22H24Cl2N2O/c1-25-21-8-4-3-7-19(21)20(14-26-9-5-2-6-10-26)22(25)15-27-18-12-16(23)11-17(24)13-18/h3-4,7-8,11-13H,2,5-6,9-10,14-15H2,1H3. The van der Waals surface area contributed by atoms with Crippen molar-refractivity contribution in [1.82, 2.24) is 9.47 Å². The maximum Gasteiger partial charge on any atom is 0.129 e. The molecule has 0 amide bonds. The lowest BCUT2D eigenvalue weighted by Crippen LogP contribution is -2.29. The molecule has 0 atom stereocenters. The Kier molecular flexibility index (Phi) is 5.63. The third-order valence-corrected chi connectivity index (χ3v) is 5.82. The van der Waals surface area contributed by atoms with Crippen LogP contribution >= 0.6 is 23.2 Å². The largest absolute Gasteiger partial charge is 0.487 e. The molecule has 1 saturated heterocycles. The van der Waals surface area contributed by atoms with E-state index >= 15 is 0 Å². The van der Waals surface area contributed by atoms with Crippen LogP contribution in [-0.2, 0) is 20.2 Å². The van der Waals surface area contributed by atoms with E-state index in [0.717, 1.165) is 6.54 Å². The molecule has 2 heterocycles. The smallest absolute Gasteiger partial charge is 0.129 e. The number of hydrogen-bond donors (Lipinski definition) is 0. The van der Waals surface area contributed by atoms with Crippen molar-refractivity contribution in [2.24, 2.45) is 7.05 Å². The maximum atomic E-state index is 6.11. The highest BCUT2D eigenvalue weighted by Gasteiger charge is 2.19. The van der Waals surface area contributed by atoms with Gasteiger partial charge in [0.15, 0.2) is 0 Å². The molecule has 142 valence electrons. The van der Waals surface area contributed by atoms with E-state index < -0.39 is 0 Å². The summed E-state index contributed by atoms with van der Waals surface area (Å²) < 4.78 is 8.34.